The minimum absolute atomic E-state index is 0.0146. The first-order valence-electron chi connectivity index (χ1n) is 13.4. The highest BCUT2D eigenvalue weighted by atomic mass is 32.2. The number of ether oxygens (including phenoxy) is 1. The van der Waals surface area contributed by atoms with Gasteiger partial charge in [-0.1, -0.05) is 54.6 Å². The summed E-state index contributed by atoms with van der Waals surface area (Å²) in [7, 11) is -0.0146. The van der Waals surface area contributed by atoms with Crippen molar-refractivity contribution < 1.29 is 23.4 Å². The summed E-state index contributed by atoms with van der Waals surface area (Å²) in [5, 5.41) is 9.68. The first-order chi connectivity index (χ1) is 18.4. The van der Waals surface area contributed by atoms with E-state index in [2.05, 4.69) is 91.0 Å². The van der Waals surface area contributed by atoms with Crippen LogP contribution < -0.4 is 0 Å². The maximum atomic E-state index is 12.2. The Morgan fingerprint density at radius 3 is 1.61 bits per heavy atom. The number of halogens is 2. The van der Waals surface area contributed by atoms with Crippen LogP contribution in [0.2, 0.25) is 0 Å². The number of aliphatic hydroxyl groups is 1. The zero-order valence-corrected chi connectivity index (χ0v) is 22.3. The summed E-state index contributed by atoms with van der Waals surface area (Å²) in [6, 6.07) is 32.2. The lowest BCUT2D eigenvalue weighted by Gasteiger charge is -2.61. The average molecular weight is 538 g/mol. The molecule has 3 aromatic rings. The third kappa shape index (κ3) is 5.97. The summed E-state index contributed by atoms with van der Waals surface area (Å²) in [6.07, 6.45) is 2.98. The van der Waals surface area contributed by atoms with Gasteiger partial charge < -0.3 is 9.84 Å². The van der Waals surface area contributed by atoms with Crippen LogP contribution in [-0.2, 0) is 20.4 Å². The van der Waals surface area contributed by atoms with Crippen molar-refractivity contribution >= 4 is 16.9 Å². The van der Waals surface area contributed by atoms with Gasteiger partial charge in [0.05, 0.1) is 17.5 Å². The van der Waals surface area contributed by atoms with Gasteiger partial charge in [0.15, 0.2) is 14.7 Å². The van der Waals surface area contributed by atoms with Crippen molar-refractivity contribution in [2.24, 2.45) is 22.7 Å². The fraction of sp³-hybridized carbons (Fsp3) is 0.406. The smallest absolute Gasteiger partial charge is 0.373 e. The van der Waals surface area contributed by atoms with Gasteiger partial charge in [0.2, 0.25) is 0 Å². The van der Waals surface area contributed by atoms with Crippen molar-refractivity contribution in [1.82, 2.24) is 0 Å². The number of hydrogen-bond acceptors (Lipinski definition) is 3. The maximum Gasteiger partial charge on any atom is 0.373 e. The van der Waals surface area contributed by atoms with Crippen molar-refractivity contribution in [3.63, 3.8) is 0 Å². The van der Waals surface area contributed by atoms with E-state index in [0.717, 1.165) is 32.1 Å². The molecule has 0 aliphatic heterocycles. The normalized spacial score (nSPS) is 27.2. The van der Waals surface area contributed by atoms with Gasteiger partial charge in [0.25, 0.3) is 0 Å². The van der Waals surface area contributed by atoms with Crippen LogP contribution in [0.5, 0.6) is 0 Å². The number of carbonyl (C=O) groups excluding carboxylic acids is 1. The molecule has 4 fully saturated rings. The first kappa shape index (κ1) is 26.9. The molecule has 4 aliphatic carbocycles. The van der Waals surface area contributed by atoms with Gasteiger partial charge in [-0.05, 0) is 92.2 Å². The van der Waals surface area contributed by atoms with Crippen LogP contribution in [0, 0.1) is 22.7 Å². The second-order valence-electron chi connectivity index (χ2n) is 11.3. The number of benzene rings is 3. The Morgan fingerprint density at radius 1 is 0.789 bits per heavy atom. The molecule has 0 spiro atoms. The Bertz CT molecular complexity index is 1080. The van der Waals surface area contributed by atoms with E-state index in [1.807, 2.05) is 0 Å². The predicted molar refractivity (Wildman–Crippen MR) is 145 cm³/mol. The molecule has 0 saturated heterocycles. The molecule has 4 bridgehead atoms. The molecule has 2 atom stereocenters. The van der Waals surface area contributed by atoms with Crippen molar-refractivity contribution in [1.29, 1.82) is 0 Å². The lowest BCUT2D eigenvalue weighted by Crippen LogP contribution is -2.55. The molecule has 2 unspecified atom stereocenters. The molecular formula is C32H35F2O3S+. The molecule has 3 nitrogen and oxygen atoms in total. The molecule has 0 radical (unpaired) electrons. The van der Waals surface area contributed by atoms with Crippen molar-refractivity contribution in [2.75, 3.05) is 13.2 Å². The van der Waals surface area contributed by atoms with E-state index in [1.54, 1.807) is 0 Å². The predicted octanol–water partition coefficient (Wildman–Crippen LogP) is 7.16. The number of hydrogen-bond donors (Lipinski definition) is 1. The lowest BCUT2D eigenvalue weighted by atomic mass is 9.44. The fourth-order valence-electron chi connectivity index (χ4n) is 7.37. The number of esters is 1. The molecule has 0 heterocycles. The van der Waals surface area contributed by atoms with Crippen LogP contribution in [-0.4, -0.2) is 30.7 Å². The van der Waals surface area contributed by atoms with Gasteiger partial charge in [-0.3, -0.25) is 0 Å². The van der Waals surface area contributed by atoms with Crippen LogP contribution in [0.3, 0.4) is 0 Å². The topological polar surface area (TPSA) is 46.5 Å². The van der Waals surface area contributed by atoms with Gasteiger partial charge >= 0.3 is 12.4 Å². The SMILES string of the molecule is O=C(OCC12CC3CC(CC(CO)(C3)C1)C2)C(F)F.c1ccc([S+](c2ccccc2)c2ccccc2)cc1. The number of rotatable bonds is 7. The second kappa shape index (κ2) is 11.6. The molecule has 0 aromatic heterocycles. The number of aliphatic hydroxyl groups excluding tert-OH is 1. The quantitative estimate of drug-likeness (QED) is 0.257. The van der Waals surface area contributed by atoms with Gasteiger partial charge in [0, 0.05) is 12.0 Å². The molecular weight excluding hydrogens is 502 g/mol. The monoisotopic (exact) mass is 537 g/mol. The summed E-state index contributed by atoms with van der Waals surface area (Å²) < 4.78 is 29.2. The summed E-state index contributed by atoms with van der Waals surface area (Å²) in [4.78, 5) is 15.0. The summed E-state index contributed by atoms with van der Waals surface area (Å²) in [5.74, 6) is -0.272. The average Bonchev–Trinajstić information content (AvgIpc) is 2.93. The van der Waals surface area contributed by atoms with Gasteiger partial charge in [-0.2, -0.15) is 8.78 Å². The van der Waals surface area contributed by atoms with Crippen LogP contribution in [0.4, 0.5) is 8.78 Å². The van der Waals surface area contributed by atoms with E-state index in [1.165, 1.54) is 21.1 Å². The summed E-state index contributed by atoms with van der Waals surface area (Å²) >= 11 is 0. The van der Waals surface area contributed by atoms with Crippen LogP contribution in [0.15, 0.2) is 106 Å². The van der Waals surface area contributed by atoms with Gasteiger partial charge in [0.1, 0.15) is 0 Å². The van der Waals surface area contributed by atoms with Crippen molar-refractivity contribution in [2.45, 2.75) is 59.6 Å². The van der Waals surface area contributed by atoms with Crippen molar-refractivity contribution in [3.05, 3.63) is 91.0 Å². The minimum Gasteiger partial charge on any atom is -0.461 e. The molecule has 4 saturated carbocycles. The third-order valence-electron chi connectivity index (χ3n) is 8.27. The Kier molecular flexibility index (Phi) is 8.20. The third-order valence-corrected chi connectivity index (χ3v) is 10.5. The van der Waals surface area contributed by atoms with E-state index in [-0.39, 0.29) is 34.9 Å². The van der Waals surface area contributed by atoms with E-state index in [4.69, 9.17) is 4.74 Å². The van der Waals surface area contributed by atoms with Crippen molar-refractivity contribution in [3.8, 4) is 0 Å². The number of alkyl halides is 2. The molecule has 6 heteroatoms. The maximum absolute atomic E-state index is 12.2. The van der Waals surface area contributed by atoms with Gasteiger partial charge in [-0.15, -0.1) is 0 Å². The van der Waals surface area contributed by atoms with E-state index >= 15 is 0 Å². The first-order valence-corrected chi connectivity index (χ1v) is 14.6. The van der Waals surface area contributed by atoms with Crippen LogP contribution in [0.25, 0.3) is 0 Å². The lowest BCUT2D eigenvalue weighted by molar-refractivity contribution is -0.178. The summed E-state index contributed by atoms with van der Waals surface area (Å²) in [6.45, 7) is 0.273. The highest BCUT2D eigenvalue weighted by Crippen LogP contribution is 2.65. The highest BCUT2D eigenvalue weighted by Gasteiger charge is 2.57. The molecule has 7 rings (SSSR count). The fourth-order valence-corrected chi connectivity index (χ4v) is 9.47. The second-order valence-corrected chi connectivity index (χ2v) is 13.3. The standard InChI is InChI=1S/C18H15S.C14H20F2O3/c1-4-10-16(11-5-1)19(17-12-6-2-7-13-17)18-14-8-3-9-15-18;15-11(16)12(18)19-8-14-4-9-1-10(5-14)3-13(2-9,6-14)7-17/h1-15H;9-11,17H,1-8H2/q+1;. The number of carbonyl (C=O) groups is 1. The van der Waals surface area contributed by atoms with E-state index < -0.39 is 12.4 Å². The Morgan fingerprint density at radius 2 is 1.21 bits per heavy atom. The minimum atomic E-state index is -3.04. The van der Waals surface area contributed by atoms with E-state index in [9.17, 15) is 18.7 Å². The molecule has 3 aromatic carbocycles. The largest absolute Gasteiger partial charge is 0.461 e. The van der Waals surface area contributed by atoms with Gasteiger partial charge in [-0.25, -0.2) is 4.79 Å². The Balaban J connectivity index is 0.000000155. The van der Waals surface area contributed by atoms with Crippen LogP contribution in [0.1, 0.15) is 38.5 Å². The zero-order chi connectivity index (χ0) is 26.6. The Labute approximate surface area is 226 Å². The molecule has 1 N–H and O–H groups in total. The van der Waals surface area contributed by atoms with Crippen LogP contribution >= 0.6 is 0 Å². The Hall–Kier alpha value is -2.70. The molecule has 200 valence electrons. The molecule has 4 aliphatic rings. The summed E-state index contributed by atoms with van der Waals surface area (Å²) in [5.41, 5.74) is -0.196. The van der Waals surface area contributed by atoms with E-state index in [0.29, 0.717) is 11.8 Å². The molecule has 38 heavy (non-hydrogen) atoms. The highest BCUT2D eigenvalue weighted by molar-refractivity contribution is 7.97. The zero-order valence-electron chi connectivity index (χ0n) is 21.5. The molecule has 0 amide bonds.